The molecule has 5 heteroatoms. The van der Waals surface area contributed by atoms with Gasteiger partial charge in [-0.05, 0) is 17.9 Å². The van der Waals surface area contributed by atoms with Gasteiger partial charge in [0.2, 0.25) is 10.0 Å². The van der Waals surface area contributed by atoms with Crippen molar-refractivity contribution in [2.45, 2.75) is 30.0 Å². The highest BCUT2D eigenvalue weighted by Crippen LogP contribution is 2.22. The fourth-order valence-electron chi connectivity index (χ4n) is 2.12. The minimum absolute atomic E-state index is 0.176. The summed E-state index contributed by atoms with van der Waals surface area (Å²) < 4.78 is 27.4. The summed E-state index contributed by atoms with van der Waals surface area (Å²) in [5.74, 6) is 0. The van der Waals surface area contributed by atoms with Crippen molar-refractivity contribution in [3.8, 4) is 0 Å². The number of benzene rings is 2. The maximum absolute atomic E-state index is 12.4. The van der Waals surface area contributed by atoms with Crippen LogP contribution in [-0.2, 0) is 10.0 Å². The van der Waals surface area contributed by atoms with Crippen molar-refractivity contribution in [2.24, 2.45) is 0 Å². The Morgan fingerprint density at radius 1 is 1.15 bits per heavy atom. The second-order valence-corrected chi connectivity index (χ2v) is 7.07. The van der Waals surface area contributed by atoms with Crippen LogP contribution >= 0.6 is 11.6 Å². The number of fused-ring (bicyclic) bond motifs is 1. The highest BCUT2D eigenvalue weighted by molar-refractivity contribution is 7.89. The molecule has 0 heterocycles. The molecule has 2 aromatic carbocycles. The second kappa shape index (κ2) is 6.57. The zero-order valence-electron chi connectivity index (χ0n) is 11.3. The summed E-state index contributed by atoms with van der Waals surface area (Å²) in [5, 5.41) is 1.46. The first-order valence-electron chi connectivity index (χ1n) is 6.66. The molecule has 0 bridgehead atoms. The van der Waals surface area contributed by atoms with Gasteiger partial charge in [0, 0.05) is 17.3 Å². The molecule has 0 aliphatic rings. The summed E-state index contributed by atoms with van der Waals surface area (Å²) in [6.07, 6.45) is 1.73. The van der Waals surface area contributed by atoms with Gasteiger partial charge in [-0.2, -0.15) is 0 Å². The Morgan fingerprint density at radius 2 is 1.85 bits per heavy atom. The minimum Gasteiger partial charge on any atom is -0.210 e. The molecule has 0 amide bonds. The monoisotopic (exact) mass is 311 g/mol. The molecule has 0 spiro atoms. The normalized spacial score (nSPS) is 13.5. The fraction of sp³-hybridized carbons (Fsp3) is 0.333. The van der Waals surface area contributed by atoms with Crippen molar-refractivity contribution >= 4 is 32.4 Å². The van der Waals surface area contributed by atoms with Crippen molar-refractivity contribution in [1.82, 2.24) is 4.72 Å². The molecule has 0 aliphatic heterocycles. The van der Waals surface area contributed by atoms with E-state index in [1.54, 1.807) is 12.1 Å². The van der Waals surface area contributed by atoms with E-state index in [0.717, 1.165) is 23.6 Å². The Hall–Kier alpha value is -1.10. The zero-order valence-corrected chi connectivity index (χ0v) is 12.9. The Labute approximate surface area is 125 Å². The van der Waals surface area contributed by atoms with Crippen LogP contribution in [-0.4, -0.2) is 20.3 Å². The van der Waals surface area contributed by atoms with Gasteiger partial charge in [0.25, 0.3) is 0 Å². The van der Waals surface area contributed by atoms with Gasteiger partial charge < -0.3 is 0 Å². The van der Waals surface area contributed by atoms with Crippen molar-refractivity contribution in [1.29, 1.82) is 0 Å². The number of hydrogen-bond acceptors (Lipinski definition) is 2. The van der Waals surface area contributed by atoms with E-state index >= 15 is 0 Å². The number of sulfonamides is 1. The first kappa shape index (κ1) is 15.3. The van der Waals surface area contributed by atoms with Crippen molar-refractivity contribution in [2.75, 3.05) is 6.54 Å². The third-order valence-electron chi connectivity index (χ3n) is 3.14. The molecule has 3 nitrogen and oxygen atoms in total. The number of halogens is 1. The van der Waals surface area contributed by atoms with Crippen molar-refractivity contribution in [3.63, 3.8) is 0 Å². The average molecular weight is 312 g/mol. The maximum atomic E-state index is 12.4. The predicted octanol–water partition coefficient (Wildman–Crippen LogP) is 3.53. The lowest BCUT2D eigenvalue weighted by Gasteiger charge is -2.12. The first-order valence-corrected chi connectivity index (χ1v) is 8.58. The first-order chi connectivity index (χ1) is 9.54. The smallest absolute Gasteiger partial charge is 0.210 e. The van der Waals surface area contributed by atoms with E-state index in [4.69, 9.17) is 11.6 Å². The highest BCUT2D eigenvalue weighted by Gasteiger charge is 2.18. The van der Waals surface area contributed by atoms with Crippen LogP contribution in [0.1, 0.15) is 19.8 Å². The van der Waals surface area contributed by atoms with E-state index in [-0.39, 0.29) is 11.9 Å². The Balaban J connectivity index is 2.28. The number of rotatable bonds is 6. The summed E-state index contributed by atoms with van der Waals surface area (Å²) in [4.78, 5) is 0.302. The molecule has 1 atom stereocenters. The summed E-state index contributed by atoms with van der Waals surface area (Å²) in [6, 6.07) is 12.7. The van der Waals surface area contributed by atoms with Crippen LogP contribution in [0.5, 0.6) is 0 Å². The van der Waals surface area contributed by atoms with Crippen LogP contribution in [0.15, 0.2) is 47.4 Å². The largest absolute Gasteiger partial charge is 0.241 e. The van der Waals surface area contributed by atoms with E-state index in [0.29, 0.717) is 4.90 Å². The molecule has 0 aromatic heterocycles. The van der Waals surface area contributed by atoms with E-state index in [9.17, 15) is 8.42 Å². The van der Waals surface area contributed by atoms with Gasteiger partial charge in [-0.25, -0.2) is 13.1 Å². The molecule has 1 unspecified atom stereocenters. The van der Waals surface area contributed by atoms with Gasteiger partial charge in [0.15, 0.2) is 0 Å². The standard InChI is InChI=1S/C15H18ClNO2S/c1-2-6-13(16)11-17-20(18,19)15-10-5-8-12-7-3-4-9-14(12)15/h3-5,7-10,13,17H,2,6,11H2,1H3. The van der Waals surface area contributed by atoms with E-state index in [2.05, 4.69) is 4.72 Å². The molecule has 0 aliphatic carbocycles. The SMILES string of the molecule is CCCC(Cl)CNS(=O)(=O)c1cccc2ccccc12. The van der Waals surface area contributed by atoms with Gasteiger partial charge in [0.05, 0.1) is 4.90 Å². The minimum atomic E-state index is -3.53. The third-order valence-corrected chi connectivity index (χ3v) is 4.99. The van der Waals surface area contributed by atoms with E-state index in [1.165, 1.54) is 0 Å². The Kier molecular flexibility index (Phi) is 5.02. The highest BCUT2D eigenvalue weighted by atomic mass is 35.5. The van der Waals surface area contributed by atoms with Crippen LogP contribution in [0.3, 0.4) is 0 Å². The molecule has 0 fully saturated rings. The molecular formula is C15H18ClNO2S. The van der Waals surface area contributed by atoms with Crippen LogP contribution in [0.25, 0.3) is 10.8 Å². The summed E-state index contributed by atoms with van der Waals surface area (Å²) in [5.41, 5.74) is 0. The van der Waals surface area contributed by atoms with Gasteiger partial charge in [-0.3, -0.25) is 0 Å². The summed E-state index contributed by atoms with van der Waals surface area (Å²) in [6.45, 7) is 2.27. The topological polar surface area (TPSA) is 46.2 Å². The maximum Gasteiger partial charge on any atom is 0.241 e. The molecular weight excluding hydrogens is 294 g/mol. The lowest BCUT2D eigenvalue weighted by Crippen LogP contribution is -2.30. The molecule has 108 valence electrons. The van der Waals surface area contributed by atoms with E-state index in [1.807, 2.05) is 37.3 Å². The van der Waals surface area contributed by atoms with Gasteiger partial charge >= 0.3 is 0 Å². The van der Waals surface area contributed by atoms with Crippen LogP contribution in [0, 0.1) is 0 Å². The van der Waals surface area contributed by atoms with Gasteiger partial charge in [0.1, 0.15) is 0 Å². The van der Waals surface area contributed by atoms with Crippen LogP contribution in [0.2, 0.25) is 0 Å². The van der Waals surface area contributed by atoms with Crippen molar-refractivity contribution in [3.05, 3.63) is 42.5 Å². The van der Waals surface area contributed by atoms with Crippen LogP contribution < -0.4 is 4.72 Å². The molecule has 20 heavy (non-hydrogen) atoms. The molecule has 0 saturated carbocycles. The molecule has 1 N–H and O–H groups in total. The predicted molar refractivity (Wildman–Crippen MR) is 83.7 cm³/mol. The van der Waals surface area contributed by atoms with Crippen molar-refractivity contribution < 1.29 is 8.42 Å². The lowest BCUT2D eigenvalue weighted by atomic mass is 10.1. The van der Waals surface area contributed by atoms with E-state index < -0.39 is 10.0 Å². The number of nitrogens with one attached hydrogen (secondary N) is 1. The average Bonchev–Trinajstić information content (AvgIpc) is 2.45. The van der Waals surface area contributed by atoms with Gasteiger partial charge in [-0.15, -0.1) is 11.6 Å². The fourth-order valence-corrected chi connectivity index (χ4v) is 3.82. The van der Waals surface area contributed by atoms with Crippen LogP contribution in [0.4, 0.5) is 0 Å². The lowest BCUT2D eigenvalue weighted by molar-refractivity contribution is 0.577. The second-order valence-electron chi connectivity index (χ2n) is 4.72. The summed E-state index contributed by atoms with van der Waals surface area (Å²) >= 11 is 6.07. The molecule has 2 rings (SSSR count). The van der Waals surface area contributed by atoms with Gasteiger partial charge in [-0.1, -0.05) is 49.7 Å². The molecule has 0 radical (unpaired) electrons. The quantitative estimate of drug-likeness (QED) is 0.830. The number of hydrogen-bond donors (Lipinski definition) is 1. The molecule has 0 saturated heterocycles. The third kappa shape index (κ3) is 3.51. The summed E-state index contributed by atoms with van der Waals surface area (Å²) in [7, 11) is -3.53. The Bertz CT molecular complexity index is 680. The zero-order chi connectivity index (χ0) is 14.6. The molecule has 2 aromatic rings. The Morgan fingerprint density at radius 3 is 2.60 bits per heavy atom. The number of alkyl halides is 1.